The fourth-order valence-electron chi connectivity index (χ4n) is 2.47. The van der Waals surface area contributed by atoms with Gasteiger partial charge in [0, 0.05) is 12.8 Å². The number of carbonyl (C=O) groups is 1. The molecule has 0 aliphatic heterocycles. The van der Waals surface area contributed by atoms with Gasteiger partial charge in [0.1, 0.15) is 5.78 Å². The summed E-state index contributed by atoms with van der Waals surface area (Å²) in [7, 11) is 0. The van der Waals surface area contributed by atoms with Crippen molar-refractivity contribution in [1.29, 1.82) is 0 Å². The Morgan fingerprint density at radius 3 is 2.70 bits per heavy atom. The molecule has 0 atom stereocenters. The second-order valence-electron chi connectivity index (χ2n) is 4.99. The zero-order chi connectivity index (χ0) is 13.8. The highest BCUT2D eigenvalue weighted by atomic mass is 32.1. The Hall–Kier alpha value is -1.93. The van der Waals surface area contributed by atoms with E-state index in [4.69, 9.17) is 0 Å². The third-order valence-corrected chi connectivity index (χ3v) is 4.27. The Morgan fingerprint density at radius 2 is 1.85 bits per heavy atom. The van der Waals surface area contributed by atoms with E-state index in [9.17, 15) is 4.79 Å². The molecule has 1 nitrogen and oxygen atoms in total. The highest BCUT2D eigenvalue weighted by molar-refractivity contribution is 7.07. The lowest BCUT2D eigenvalue weighted by Crippen LogP contribution is -2.04. The summed E-state index contributed by atoms with van der Waals surface area (Å²) in [6.45, 7) is 0. The molecule has 3 rings (SSSR count). The van der Waals surface area contributed by atoms with Crippen molar-refractivity contribution >= 4 is 27.9 Å². The maximum absolute atomic E-state index is 12.2. The molecule has 0 saturated carbocycles. The summed E-state index contributed by atoms with van der Waals surface area (Å²) in [5.41, 5.74) is 2.40. The molecule has 0 bridgehead atoms. The molecule has 0 aliphatic rings. The first-order chi connectivity index (χ1) is 9.83. The molecule has 0 spiro atoms. The minimum atomic E-state index is 0.313. The summed E-state index contributed by atoms with van der Waals surface area (Å²) in [6, 6.07) is 16.5. The van der Waals surface area contributed by atoms with Crippen LogP contribution < -0.4 is 0 Å². The van der Waals surface area contributed by atoms with E-state index in [0.29, 0.717) is 18.6 Å². The first-order valence-electron chi connectivity index (χ1n) is 6.82. The van der Waals surface area contributed by atoms with Crippen molar-refractivity contribution in [3.63, 3.8) is 0 Å². The molecule has 2 heteroatoms. The Balaban J connectivity index is 1.71. The van der Waals surface area contributed by atoms with Crippen molar-refractivity contribution in [3.05, 3.63) is 70.4 Å². The third-order valence-electron chi connectivity index (χ3n) is 3.54. The fraction of sp³-hybridized carbons (Fsp3) is 0.167. The van der Waals surface area contributed by atoms with E-state index in [-0.39, 0.29) is 0 Å². The molecule has 2 aromatic carbocycles. The summed E-state index contributed by atoms with van der Waals surface area (Å²) < 4.78 is 0. The number of aryl methyl sites for hydroxylation is 1. The summed E-state index contributed by atoms with van der Waals surface area (Å²) in [4.78, 5) is 12.2. The molecule has 0 aliphatic carbocycles. The lowest BCUT2D eigenvalue weighted by molar-refractivity contribution is -0.118. The maximum atomic E-state index is 12.2. The zero-order valence-corrected chi connectivity index (χ0v) is 12.0. The van der Waals surface area contributed by atoms with Crippen LogP contribution in [0.1, 0.15) is 17.5 Å². The van der Waals surface area contributed by atoms with E-state index in [1.807, 2.05) is 18.2 Å². The topological polar surface area (TPSA) is 17.1 Å². The lowest BCUT2D eigenvalue weighted by Gasteiger charge is -2.06. The second-order valence-corrected chi connectivity index (χ2v) is 5.77. The van der Waals surface area contributed by atoms with E-state index >= 15 is 0 Å². The summed E-state index contributed by atoms with van der Waals surface area (Å²) in [5.74, 6) is 0.313. The van der Waals surface area contributed by atoms with E-state index in [2.05, 4.69) is 41.1 Å². The highest BCUT2D eigenvalue weighted by Gasteiger charge is 2.07. The SMILES string of the molecule is O=C(CCc1ccsc1)Cc1cccc2ccccc12. The Labute approximate surface area is 122 Å². The highest BCUT2D eigenvalue weighted by Crippen LogP contribution is 2.19. The quantitative estimate of drug-likeness (QED) is 0.665. The number of hydrogen-bond acceptors (Lipinski definition) is 2. The molecule has 0 fully saturated rings. The minimum absolute atomic E-state index is 0.313. The molecule has 0 N–H and O–H groups in total. The second kappa shape index (κ2) is 6.02. The molecule has 3 aromatic rings. The molecular weight excluding hydrogens is 264 g/mol. The van der Waals surface area contributed by atoms with E-state index in [0.717, 1.165) is 12.0 Å². The van der Waals surface area contributed by atoms with Gasteiger partial charge in [0.25, 0.3) is 0 Å². The van der Waals surface area contributed by atoms with Gasteiger partial charge in [-0.2, -0.15) is 11.3 Å². The predicted molar refractivity (Wildman–Crippen MR) is 85.3 cm³/mol. The van der Waals surface area contributed by atoms with Crippen LogP contribution in [-0.4, -0.2) is 5.78 Å². The number of thiophene rings is 1. The molecule has 0 radical (unpaired) electrons. The molecule has 100 valence electrons. The van der Waals surface area contributed by atoms with E-state index in [1.54, 1.807) is 11.3 Å². The Bertz CT molecular complexity index is 708. The number of carbonyl (C=O) groups excluding carboxylic acids is 1. The van der Waals surface area contributed by atoms with Crippen molar-refractivity contribution in [2.45, 2.75) is 19.3 Å². The molecule has 0 unspecified atom stereocenters. The average Bonchev–Trinajstić information content (AvgIpc) is 2.99. The van der Waals surface area contributed by atoms with Crippen LogP contribution >= 0.6 is 11.3 Å². The summed E-state index contributed by atoms with van der Waals surface area (Å²) >= 11 is 1.69. The standard InChI is InChI=1S/C18H16OS/c19-17(9-8-14-10-11-20-13-14)12-16-6-3-5-15-4-1-2-7-18(15)16/h1-7,10-11,13H,8-9,12H2. The molecule has 0 amide bonds. The van der Waals surface area contributed by atoms with Crippen molar-refractivity contribution in [2.75, 3.05) is 0 Å². The summed E-state index contributed by atoms with van der Waals surface area (Å²) in [6.07, 6.45) is 2.01. The summed E-state index contributed by atoms with van der Waals surface area (Å²) in [5, 5.41) is 6.57. The van der Waals surface area contributed by atoms with Gasteiger partial charge in [-0.15, -0.1) is 0 Å². The monoisotopic (exact) mass is 280 g/mol. The minimum Gasteiger partial charge on any atom is -0.299 e. The zero-order valence-electron chi connectivity index (χ0n) is 11.2. The van der Waals surface area contributed by atoms with Crippen LogP contribution in [-0.2, 0) is 17.6 Å². The first-order valence-corrected chi connectivity index (χ1v) is 7.76. The number of ketones is 1. The molecule has 20 heavy (non-hydrogen) atoms. The third kappa shape index (κ3) is 2.97. The number of hydrogen-bond donors (Lipinski definition) is 0. The molecular formula is C18H16OS. The Morgan fingerprint density at radius 1 is 1.00 bits per heavy atom. The van der Waals surface area contributed by atoms with Crippen LogP contribution in [0.15, 0.2) is 59.3 Å². The van der Waals surface area contributed by atoms with Gasteiger partial charge in [-0.05, 0) is 45.1 Å². The molecule has 1 aromatic heterocycles. The number of Topliss-reactive ketones (excluding diaryl/α,β-unsaturated/α-hetero) is 1. The first kappa shape index (κ1) is 13.1. The fourth-order valence-corrected chi connectivity index (χ4v) is 3.17. The number of fused-ring (bicyclic) bond motifs is 1. The number of rotatable bonds is 5. The van der Waals surface area contributed by atoms with Crippen LogP contribution in [0.2, 0.25) is 0 Å². The van der Waals surface area contributed by atoms with Gasteiger partial charge in [0.05, 0.1) is 0 Å². The lowest BCUT2D eigenvalue weighted by atomic mass is 9.98. The molecule has 1 heterocycles. The van der Waals surface area contributed by atoms with Crippen LogP contribution in [0.5, 0.6) is 0 Å². The van der Waals surface area contributed by atoms with Gasteiger partial charge in [-0.3, -0.25) is 4.79 Å². The maximum Gasteiger partial charge on any atom is 0.137 e. The Kier molecular flexibility index (Phi) is 3.93. The van der Waals surface area contributed by atoms with Crippen LogP contribution in [0.3, 0.4) is 0 Å². The smallest absolute Gasteiger partial charge is 0.137 e. The van der Waals surface area contributed by atoms with Crippen LogP contribution in [0.25, 0.3) is 10.8 Å². The van der Waals surface area contributed by atoms with Gasteiger partial charge < -0.3 is 0 Å². The van der Waals surface area contributed by atoms with E-state index in [1.165, 1.54) is 16.3 Å². The average molecular weight is 280 g/mol. The van der Waals surface area contributed by atoms with Gasteiger partial charge >= 0.3 is 0 Å². The van der Waals surface area contributed by atoms with Crippen LogP contribution in [0.4, 0.5) is 0 Å². The van der Waals surface area contributed by atoms with Crippen LogP contribution in [0, 0.1) is 0 Å². The largest absolute Gasteiger partial charge is 0.299 e. The molecule has 0 saturated heterocycles. The van der Waals surface area contributed by atoms with Gasteiger partial charge in [-0.1, -0.05) is 42.5 Å². The number of benzene rings is 2. The normalized spacial score (nSPS) is 10.8. The van der Waals surface area contributed by atoms with Crippen molar-refractivity contribution in [2.24, 2.45) is 0 Å². The van der Waals surface area contributed by atoms with Gasteiger partial charge in [0.2, 0.25) is 0 Å². The van der Waals surface area contributed by atoms with Gasteiger partial charge in [0.15, 0.2) is 0 Å². The van der Waals surface area contributed by atoms with Gasteiger partial charge in [-0.25, -0.2) is 0 Å². The van der Waals surface area contributed by atoms with E-state index < -0.39 is 0 Å². The van der Waals surface area contributed by atoms with Crippen molar-refractivity contribution in [1.82, 2.24) is 0 Å². The van der Waals surface area contributed by atoms with Crippen molar-refractivity contribution < 1.29 is 4.79 Å². The predicted octanol–water partition coefficient (Wildman–Crippen LogP) is 4.65. The van der Waals surface area contributed by atoms with Crippen molar-refractivity contribution in [3.8, 4) is 0 Å².